The van der Waals surface area contributed by atoms with E-state index in [1.165, 1.54) is 4.52 Å². The number of aromatic nitrogens is 4. The zero-order valence-corrected chi connectivity index (χ0v) is 12.8. The molecule has 2 rings (SSSR count). The van der Waals surface area contributed by atoms with Gasteiger partial charge in [-0.25, -0.2) is 4.98 Å². The van der Waals surface area contributed by atoms with E-state index in [2.05, 4.69) is 32.2 Å². The molecule has 6 nitrogen and oxygen atoms in total. The molecule has 9 heteroatoms. The van der Waals surface area contributed by atoms with E-state index in [1.54, 1.807) is 6.92 Å². The molecule has 22 heavy (non-hydrogen) atoms. The lowest BCUT2D eigenvalue weighted by Gasteiger charge is -2.12. The molecule has 0 atom stereocenters. The lowest BCUT2D eigenvalue weighted by molar-refractivity contribution is -0.141. The Kier molecular flexibility index (Phi) is 4.84. The van der Waals surface area contributed by atoms with Crippen molar-refractivity contribution in [3.05, 3.63) is 17.5 Å². The Balaban J connectivity index is 2.09. The summed E-state index contributed by atoms with van der Waals surface area (Å²) in [7, 11) is 2.02. The van der Waals surface area contributed by atoms with Crippen molar-refractivity contribution < 1.29 is 13.2 Å². The molecule has 0 aliphatic carbocycles. The normalized spacial score (nSPS) is 12.3. The van der Waals surface area contributed by atoms with Crippen molar-refractivity contribution in [3.63, 3.8) is 0 Å². The molecule has 0 aromatic carbocycles. The number of fused-ring (bicyclic) bond motifs is 1. The first-order valence-corrected chi connectivity index (χ1v) is 7.05. The molecule has 0 unspecified atom stereocenters. The van der Waals surface area contributed by atoms with Crippen LogP contribution in [0.2, 0.25) is 0 Å². The molecule has 0 saturated carbocycles. The van der Waals surface area contributed by atoms with E-state index in [0.29, 0.717) is 12.2 Å². The highest BCUT2D eigenvalue weighted by Crippen LogP contribution is 2.28. The van der Waals surface area contributed by atoms with Crippen molar-refractivity contribution in [2.45, 2.75) is 26.4 Å². The van der Waals surface area contributed by atoms with E-state index >= 15 is 0 Å². The molecule has 1 N–H and O–H groups in total. The van der Waals surface area contributed by atoms with E-state index < -0.39 is 11.9 Å². The lowest BCUT2D eigenvalue weighted by atomic mass is 10.3. The minimum absolute atomic E-state index is 0.0551. The summed E-state index contributed by atoms with van der Waals surface area (Å²) in [6.07, 6.45) is -3.60. The predicted molar refractivity (Wildman–Crippen MR) is 76.8 cm³/mol. The summed E-state index contributed by atoms with van der Waals surface area (Å²) in [5.41, 5.74) is -0.621. The van der Waals surface area contributed by atoms with Crippen LogP contribution >= 0.6 is 0 Å². The minimum Gasteiger partial charge on any atom is -0.353 e. The molecule has 0 aliphatic rings. The van der Waals surface area contributed by atoms with Gasteiger partial charge in [-0.3, -0.25) is 0 Å². The van der Waals surface area contributed by atoms with Crippen LogP contribution in [0.15, 0.2) is 6.07 Å². The summed E-state index contributed by atoms with van der Waals surface area (Å²) in [4.78, 5) is 9.68. The predicted octanol–water partition coefficient (Wildman–Crippen LogP) is 2.21. The van der Waals surface area contributed by atoms with Crippen LogP contribution in [0.1, 0.15) is 24.7 Å². The van der Waals surface area contributed by atoms with Gasteiger partial charge in [0.15, 0.2) is 0 Å². The maximum Gasteiger partial charge on any atom is 0.433 e. The number of hydrogen-bond donors (Lipinski definition) is 1. The van der Waals surface area contributed by atoms with Crippen LogP contribution < -0.4 is 5.32 Å². The first-order chi connectivity index (χ1) is 10.3. The highest BCUT2D eigenvalue weighted by Gasteiger charge is 2.33. The molecular formula is C13H19F3N6. The van der Waals surface area contributed by atoms with Crippen LogP contribution in [-0.4, -0.2) is 51.2 Å². The Bertz CT molecular complexity index is 636. The second-order valence-corrected chi connectivity index (χ2v) is 5.10. The van der Waals surface area contributed by atoms with E-state index in [0.717, 1.165) is 25.6 Å². The minimum atomic E-state index is -4.49. The molecule has 122 valence electrons. The van der Waals surface area contributed by atoms with Crippen molar-refractivity contribution in [2.24, 2.45) is 0 Å². The third kappa shape index (κ3) is 3.85. The smallest absolute Gasteiger partial charge is 0.353 e. The van der Waals surface area contributed by atoms with Gasteiger partial charge < -0.3 is 10.2 Å². The molecular weight excluding hydrogens is 297 g/mol. The van der Waals surface area contributed by atoms with Crippen molar-refractivity contribution in [1.29, 1.82) is 0 Å². The van der Waals surface area contributed by atoms with Crippen LogP contribution in [0.3, 0.4) is 0 Å². The van der Waals surface area contributed by atoms with Crippen LogP contribution in [0.5, 0.6) is 0 Å². The largest absolute Gasteiger partial charge is 0.433 e. The van der Waals surface area contributed by atoms with Gasteiger partial charge in [0.2, 0.25) is 5.95 Å². The van der Waals surface area contributed by atoms with Gasteiger partial charge >= 0.3 is 6.18 Å². The van der Waals surface area contributed by atoms with Gasteiger partial charge in [0.1, 0.15) is 5.69 Å². The Morgan fingerprint density at radius 2 is 2.05 bits per heavy atom. The second-order valence-electron chi connectivity index (χ2n) is 5.10. The number of halogens is 3. The Morgan fingerprint density at radius 3 is 2.68 bits per heavy atom. The van der Waals surface area contributed by atoms with Crippen molar-refractivity contribution >= 4 is 11.7 Å². The number of anilines is 1. The molecule has 0 amide bonds. The van der Waals surface area contributed by atoms with Crippen molar-refractivity contribution in [3.8, 4) is 0 Å². The molecule has 0 saturated heterocycles. The van der Waals surface area contributed by atoms with Gasteiger partial charge in [-0.05, 0) is 39.5 Å². The van der Waals surface area contributed by atoms with Crippen molar-refractivity contribution in [2.75, 3.05) is 32.0 Å². The van der Waals surface area contributed by atoms with Gasteiger partial charge in [-0.15, -0.1) is 5.10 Å². The van der Waals surface area contributed by atoms with E-state index in [-0.39, 0.29) is 11.7 Å². The van der Waals surface area contributed by atoms with Crippen LogP contribution in [0.4, 0.5) is 19.1 Å². The van der Waals surface area contributed by atoms with E-state index in [1.807, 2.05) is 7.05 Å². The molecule has 2 heterocycles. The monoisotopic (exact) mass is 316 g/mol. The summed E-state index contributed by atoms with van der Waals surface area (Å²) >= 11 is 0. The molecule has 0 spiro atoms. The quantitative estimate of drug-likeness (QED) is 0.828. The molecule has 0 fully saturated rings. The Hall–Kier alpha value is -1.90. The summed E-state index contributed by atoms with van der Waals surface area (Å²) in [5, 5.41) is 7.13. The zero-order chi connectivity index (χ0) is 16.3. The molecule has 0 radical (unpaired) electrons. The fourth-order valence-electron chi connectivity index (χ4n) is 1.94. The maximum atomic E-state index is 12.7. The summed E-state index contributed by atoms with van der Waals surface area (Å²) in [5.74, 6) is 0.231. The summed E-state index contributed by atoms with van der Waals surface area (Å²) in [6, 6.07) is 0.960. The molecule has 0 aliphatic heterocycles. The summed E-state index contributed by atoms with van der Waals surface area (Å²) in [6.45, 7) is 6.15. The molecule has 2 aromatic rings. The number of aryl methyl sites for hydroxylation is 1. The average Bonchev–Trinajstić information content (AvgIpc) is 2.86. The van der Waals surface area contributed by atoms with Gasteiger partial charge in [-0.2, -0.15) is 22.7 Å². The highest BCUT2D eigenvalue weighted by molar-refractivity contribution is 5.39. The molecule has 0 bridgehead atoms. The third-order valence-corrected chi connectivity index (χ3v) is 3.32. The van der Waals surface area contributed by atoms with Crippen LogP contribution in [-0.2, 0) is 6.18 Å². The summed E-state index contributed by atoms with van der Waals surface area (Å²) < 4.78 is 39.5. The number of alkyl halides is 3. The van der Waals surface area contributed by atoms with E-state index in [9.17, 15) is 13.2 Å². The Morgan fingerprint density at radius 1 is 1.32 bits per heavy atom. The van der Waals surface area contributed by atoms with Gasteiger partial charge in [-0.1, -0.05) is 6.92 Å². The van der Waals surface area contributed by atoms with E-state index in [4.69, 9.17) is 0 Å². The maximum absolute atomic E-state index is 12.7. The number of nitrogens with zero attached hydrogens (tertiary/aromatic N) is 5. The number of nitrogens with one attached hydrogen (secondary N) is 1. The fourth-order valence-corrected chi connectivity index (χ4v) is 1.94. The fraction of sp³-hybridized carbons (Fsp3) is 0.615. The Labute approximate surface area is 126 Å². The van der Waals surface area contributed by atoms with Gasteiger partial charge in [0, 0.05) is 12.2 Å². The van der Waals surface area contributed by atoms with Crippen LogP contribution in [0.25, 0.3) is 5.78 Å². The zero-order valence-electron chi connectivity index (χ0n) is 12.8. The topological polar surface area (TPSA) is 58.3 Å². The average molecular weight is 316 g/mol. The van der Waals surface area contributed by atoms with Gasteiger partial charge in [0.25, 0.3) is 5.78 Å². The molecule has 2 aromatic heterocycles. The van der Waals surface area contributed by atoms with Crippen LogP contribution in [0, 0.1) is 6.92 Å². The first kappa shape index (κ1) is 16.5. The van der Waals surface area contributed by atoms with Crippen molar-refractivity contribution in [1.82, 2.24) is 24.5 Å². The van der Waals surface area contributed by atoms with Gasteiger partial charge in [0.05, 0.1) is 0 Å². The second kappa shape index (κ2) is 6.47. The highest BCUT2D eigenvalue weighted by atomic mass is 19.4. The first-order valence-electron chi connectivity index (χ1n) is 7.05. The third-order valence-electron chi connectivity index (χ3n) is 3.32. The SMILES string of the molecule is CCN(C)CCCNc1nc2nc(C(F)(F)F)cc(C)n2n1. The number of hydrogen-bond acceptors (Lipinski definition) is 5. The standard InChI is InChI=1S/C13H19F3N6/c1-4-21(3)7-5-6-17-11-19-12-18-10(13(14,15)16)8-9(2)22(12)20-11/h8H,4-7H2,1-3H3,(H,17,20). The lowest BCUT2D eigenvalue weighted by Crippen LogP contribution is -2.21. The number of rotatable bonds is 6.